The number of carbonyl (C=O) groups excluding carboxylic acids is 1. The van der Waals surface area contributed by atoms with Crippen LogP contribution in [0.3, 0.4) is 0 Å². The number of nitrogens with zero attached hydrogens (tertiary/aromatic N) is 4. The van der Waals surface area contributed by atoms with Crippen LogP contribution in [0.4, 0.5) is 19.0 Å². The van der Waals surface area contributed by atoms with Crippen LogP contribution in [-0.2, 0) is 17.5 Å². The lowest BCUT2D eigenvalue weighted by Gasteiger charge is -2.15. The van der Waals surface area contributed by atoms with Crippen LogP contribution in [0.2, 0.25) is 10.0 Å². The Morgan fingerprint density at radius 3 is 2.62 bits per heavy atom. The normalized spacial score (nSPS) is 15.1. The molecule has 170 valence electrons. The first-order valence-corrected chi connectivity index (χ1v) is 11.2. The van der Waals surface area contributed by atoms with Crippen LogP contribution < -0.4 is 5.32 Å². The summed E-state index contributed by atoms with van der Waals surface area (Å²) in [5, 5.41) is 11.7. The molecule has 1 amide bonds. The molecule has 32 heavy (non-hydrogen) atoms. The number of nitrogens with one attached hydrogen (secondary N) is 1. The van der Waals surface area contributed by atoms with E-state index in [-0.39, 0.29) is 11.7 Å². The van der Waals surface area contributed by atoms with Gasteiger partial charge in [-0.1, -0.05) is 29.3 Å². The molecule has 0 aliphatic heterocycles. The highest BCUT2D eigenvalue weighted by atomic mass is 79.9. The lowest BCUT2D eigenvalue weighted by molar-refractivity contribution is -0.141. The number of aromatic nitrogens is 4. The molecule has 3 aromatic rings. The lowest BCUT2D eigenvalue weighted by atomic mass is 10.2. The number of anilines is 1. The Bertz CT molecular complexity index is 1170. The third kappa shape index (κ3) is 4.97. The van der Waals surface area contributed by atoms with Crippen molar-refractivity contribution in [3.05, 3.63) is 61.9 Å². The molecule has 0 bridgehead atoms. The zero-order chi connectivity index (χ0) is 23.2. The van der Waals surface area contributed by atoms with Gasteiger partial charge in [0.05, 0.1) is 11.0 Å². The summed E-state index contributed by atoms with van der Waals surface area (Å²) in [6.07, 6.45) is -1.35. The molecule has 1 saturated carbocycles. The summed E-state index contributed by atoms with van der Waals surface area (Å²) in [6.45, 7) is 1.84. The maximum absolute atomic E-state index is 13.1. The van der Waals surface area contributed by atoms with Crippen LogP contribution in [0, 0.1) is 0 Å². The molecule has 6 nitrogen and oxygen atoms in total. The van der Waals surface area contributed by atoms with Crippen LogP contribution in [0.5, 0.6) is 0 Å². The Labute approximate surface area is 199 Å². The molecule has 0 spiro atoms. The highest BCUT2D eigenvalue weighted by Crippen LogP contribution is 2.43. The van der Waals surface area contributed by atoms with Crippen molar-refractivity contribution in [1.29, 1.82) is 0 Å². The van der Waals surface area contributed by atoms with Crippen molar-refractivity contribution in [2.24, 2.45) is 0 Å². The minimum absolute atomic E-state index is 0.0103. The van der Waals surface area contributed by atoms with Crippen molar-refractivity contribution in [3.63, 3.8) is 0 Å². The Morgan fingerprint density at radius 2 is 2.00 bits per heavy atom. The minimum atomic E-state index is -4.57. The monoisotopic (exact) mass is 549 g/mol. The highest BCUT2D eigenvalue weighted by molar-refractivity contribution is 9.10. The van der Waals surface area contributed by atoms with E-state index in [2.05, 4.69) is 31.4 Å². The molecule has 0 radical (unpaired) electrons. The van der Waals surface area contributed by atoms with Gasteiger partial charge in [0.25, 0.3) is 0 Å². The first kappa shape index (κ1) is 23.1. The van der Waals surface area contributed by atoms with Gasteiger partial charge in [0.2, 0.25) is 5.91 Å². The average Bonchev–Trinajstić information content (AvgIpc) is 3.35. The molecule has 1 aliphatic carbocycles. The minimum Gasteiger partial charge on any atom is -0.306 e. The van der Waals surface area contributed by atoms with Crippen molar-refractivity contribution in [2.45, 2.75) is 44.4 Å². The van der Waals surface area contributed by atoms with Gasteiger partial charge in [0.1, 0.15) is 6.04 Å². The quantitative estimate of drug-likeness (QED) is 0.392. The van der Waals surface area contributed by atoms with Gasteiger partial charge in [-0.3, -0.25) is 14.2 Å². The molecule has 1 unspecified atom stereocenters. The van der Waals surface area contributed by atoms with Crippen molar-refractivity contribution in [3.8, 4) is 0 Å². The second-order valence-corrected chi connectivity index (χ2v) is 9.29. The Kier molecular flexibility index (Phi) is 6.30. The van der Waals surface area contributed by atoms with Crippen molar-refractivity contribution in [2.75, 3.05) is 5.32 Å². The first-order valence-electron chi connectivity index (χ1n) is 9.67. The third-order valence-electron chi connectivity index (χ3n) is 5.10. The predicted octanol–water partition coefficient (Wildman–Crippen LogP) is 6.29. The second kappa shape index (κ2) is 8.72. The number of carbonyl (C=O) groups is 1. The van der Waals surface area contributed by atoms with E-state index in [9.17, 15) is 18.0 Å². The third-order valence-corrected chi connectivity index (χ3v) is 6.27. The smallest absolute Gasteiger partial charge is 0.306 e. The predicted molar refractivity (Wildman–Crippen MR) is 118 cm³/mol. The van der Waals surface area contributed by atoms with Gasteiger partial charge < -0.3 is 5.32 Å². The standard InChI is InChI=1S/C20H17BrCl2F3N5O/c1-10(31-16(11-2-3-11)7-17(28-31)20(24,25)26)19(32)27-18-14(21)9-30(29-18)8-12-4-5-13(22)6-15(12)23/h4-7,9-11H,2-3,8H2,1H3,(H,27,29,32). The fourth-order valence-corrected chi connectivity index (χ4v) is 4.14. The molecule has 1 atom stereocenters. The zero-order valence-corrected chi connectivity index (χ0v) is 19.7. The number of rotatable bonds is 6. The van der Waals surface area contributed by atoms with Gasteiger partial charge in [-0.05, 0) is 59.5 Å². The largest absolute Gasteiger partial charge is 0.435 e. The molecule has 2 heterocycles. The molecular weight excluding hydrogens is 534 g/mol. The second-order valence-electron chi connectivity index (χ2n) is 7.60. The lowest BCUT2D eigenvalue weighted by Crippen LogP contribution is -2.26. The summed E-state index contributed by atoms with van der Waals surface area (Å²) in [5.41, 5.74) is 0.203. The molecule has 4 rings (SSSR count). The summed E-state index contributed by atoms with van der Waals surface area (Å²) in [5.74, 6) is -0.300. The molecule has 2 aromatic heterocycles. The molecular formula is C20H17BrCl2F3N5O. The van der Waals surface area contributed by atoms with Crippen LogP contribution in [-0.4, -0.2) is 25.5 Å². The van der Waals surface area contributed by atoms with Crippen LogP contribution in [0.1, 0.15) is 48.7 Å². The van der Waals surface area contributed by atoms with E-state index in [0.717, 1.165) is 29.2 Å². The van der Waals surface area contributed by atoms with E-state index in [1.165, 1.54) is 6.92 Å². The number of alkyl halides is 3. The summed E-state index contributed by atoms with van der Waals surface area (Å²) in [7, 11) is 0. The van der Waals surface area contributed by atoms with E-state index in [1.54, 1.807) is 29.1 Å². The van der Waals surface area contributed by atoms with Gasteiger partial charge in [0.15, 0.2) is 11.5 Å². The summed E-state index contributed by atoms with van der Waals surface area (Å²) < 4.78 is 42.7. The van der Waals surface area contributed by atoms with Crippen LogP contribution >= 0.6 is 39.1 Å². The maximum Gasteiger partial charge on any atom is 0.435 e. The van der Waals surface area contributed by atoms with E-state index < -0.39 is 23.8 Å². The summed E-state index contributed by atoms with van der Waals surface area (Å²) in [4.78, 5) is 12.8. The Hall–Kier alpha value is -2.04. The number of hydrogen-bond donors (Lipinski definition) is 1. The van der Waals surface area contributed by atoms with Gasteiger partial charge in [-0.2, -0.15) is 23.4 Å². The SMILES string of the molecule is CC(C(=O)Nc1nn(Cc2ccc(Cl)cc2Cl)cc1Br)n1nc(C(F)(F)F)cc1C1CC1. The molecule has 1 aliphatic rings. The van der Waals surface area contributed by atoms with Gasteiger partial charge >= 0.3 is 6.18 Å². The maximum atomic E-state index is 13.1. The molecule has 1 aromatic carbocycles. The van der Waals surface area contributed by atoms with Gasteiger partial charge in [0, 0.05) is 27.9 Å². The van der Waals surface area contributed by atoms with E-state index in [4.69, 9.17) is 23.2 Å². The van der Waals surface area contributed by atoms with Gasteiger partial charge in [-0.15, -0.1) is 0 Å². The number of hydrogen-bond acceptors (Lipinski definition) is 3. The van der Waals surface area contributed by atoms with Crippen molar-refractivity contribution < 1.29 is 18.0 Å². The highest BCUT2D eigenvalue weighted by Gasteiger charge is 2.39. The number of halogens is 6. The van der Waals surface area contributed by atoms with E-state index in [0.29, 0.717) is 26.8 Å². The Balaban J connectivity index is 1.51. The number of amides is 1. The van der Waals surface area contributed by atoms with Crippen LogP contribution in [0.25, 0.3) is 0 Å². The van der Waals surface area contributed by atoms with Crippen molar-refractivity contribution >= 4 is 50.9 Å². The van der Waals surface area contributed by atoms with E-state index >= 15 is 0 Å². The molecule has 1 fully saturated rings. The number of benzene rings is 1. The van der Waals surface area contributed by atoms with E-state index in [1.807, 2.05) is 0 Å². The van der Waals surface area contributed by atoms with Crippen molar-refractivity contribution in [1.82, 2.24) is 19.6 Å². The zero-order valence-electron chi connectivity index (χ0n) is 16.6. The Morgan fingerprint density at radius 1 is 1.28 bits per heavy atom. The van der Waals surface area contributed by atoms with Crippen LogP contribution in [0.15, 0.2) is 34.9 Å². The fraction of sp³-hybridized carbons (Fsp3) is 0.350. The summed E-state index contributed by atoms with van der Waals surface area (Å²) >= 11 is 15.5. The average molecular weight is 551 g/mol. The van der Waals surface area contributed by atoms with Gasteiger partial charge in [-0.25, -0.2) is 0 Å². The fourth-order valence-electron chi connectivity index (χ4n) is 3.26. The summed E-state index contributed by atoms with van der Waals surface area (Å²) in [6, 6.07) is 5.18. The molecule has 1 N–H and O–H groups in total. The first-order chi connectivity index (χ1) is 15.0. The molecule has 0 saturated heterocycles. The molecule has 12 heteroatoms. The topological polar surface area (TPSA) is 64.7 Å².